The van der Waals surface area contributed by atoms with Crippen molar-refractivity contribution in [1.29, 1.82) is 0 Å². The van der Waals surface area contributed by atoms with Crippen LogP contribution in [0.25, 0.3) is 11.3 Å². The Labute approximate surface area is 171 Å². The summed E-state index contributed by atoms with van der Waals surface area (Å²) in [6.07, 6.45) is -3.80. The molecule has 1 unspecified atom stereocenters. The van der Waals surface area contributed by atoms with Crippen LogP contribution in [-0.4, -0.2) is 21.1 Å². The zero-order chi connectivity index (χ0) is 21.3. The van der Waals surface area contributed by atoms with Gasteiger partial charge in [0.15, 0.2) is 5.78 Å². The molecule has 0 fully saturated rings. The van der Waals surface area contributed by atoms with Crippen molar-refractivity contribution < 1.29 is 23.1 Å². The van der Waals surface area contributed by atoms with Gasteiger partial charge in [0, 0.05) is 35.5 Å². The predicted octanol–water partition coefficient (Wildman–Crippen LogP) is 5.79. The van der Waals surface area contributed by atoms with Crippen LogP contribution in [0.5, 0.6) is 0 Å². The lowest BCUT2D eigenvalue weighted by Crippen LogP contribution is -2.22. The van der Waals surface area contributed by atoms with Crippen LogP contribution < -0.4 is 0 Å². The van der Waals surface area contributed by atoms with Gasteiger partial charge in [-0.15, -0.1) is 0 Å². The highest BCUT2D eigenvalue weighted by molar-refractivity contribution is 5.99. The molecular formula is C23H19F3N2O2. The molecule has 0 saturated heterocycles. The summed E-state index contributed by atoms with van der Waals surface area (Å²) < 4.78 is 41.9. The molecule has 2 N–H and O–H groups in total. The number of carbonyl (C=O) groups is 1. The molecule has 154 valence electrons. The molecule has 0 spiro atoms. The largest absolute Gasteiger partial charge is 0.512 e. The highest BCUT2D eigenvalue weighted by atomic mass is 19.4. The van der Waals surface area contributed by atoms with E-state index in [4.69, 9.17) is 0 Å². The minimum absolute atomic E-state index is 0.0107. The number of hydrogen-bond donors (Lipinski definition) is 2. The summed E-state index contributed by atoms with van der Waals surface area (Å²) in [6.45, 7) is 0. The van der Waals surface area contributed by atoms with Crippen molar-refractivity contribution >= 4 is 5.78 Å². The van der Waals surface area contributed by atoms with E-state index in [0.717, 1.165) is 0 Å². The molecule has 1 heterocycles. The third-order valence-electron chi connectivity index (χ3n) is 5.27. The molecule has 3 aromatic rings. The summed E-state index contributed by atoms with van der Waals surface area (Å²) in [4.78, 5) is 12.8. The van der Waals surface area contributed by atoms with E-state index in [-0.39, 0.29) is 41.2 Å². The first-order valence-electron chi connectivity index (χ1n) is 9.59. The number of aromatic nitrogens is 2. The number of aliphatic hydroxyl groups is 1. The van der Waals surface area contributed by atoms with Gasteiger partial charge >= 0.3 is 6.18 Å². The van der Waals surface area contributed by atoms with E-state index in [1.807, 2.05) is 0 Å². The van der Waals surface area contributed by atoms with E-state index >= 15 is 0 Å². The summed E-state index contributed by atoms with van der Waals surface area (Å²) in [5.41, 5.74) is -0.0838. The lowest BCUT2D eigenvalue weighted by molar-refractivity contribution is -0.142. The molecule has 0 bridgehead atoms. The Morgan fingerprint density at radius 3 is 2.20 bits per heavy atom. The summed E-state index contributed by atoms with van der Waals surface area (Å²) >= 11 is 0. The summed E-state index contributed by atoms with van der Waals surface area (Å²) in [5.74, 6) is -1.60. The zero-order valence-electron chi connectivity index (χ0n) is 15.9. The highest BCUT2D eigenvalue weighted by Gasteiger charge is 2.43. The predicted molar refractivity (Wildman–Crippen MR) is 106 cm³/mol. The average Bonchev–Trinajstić information content (AvgIpc) is 3.17. The Morgan fingerprint density at radius 1 is 0.967 bits per heavy atom. The Bertz CT molecular complexity index is 1090. The Hall–Kier alpha value is -3.35. The van der Waals surface area contributed by atoms with Crippen LogP contribution in [0.4, 0.5) is 13.2 Å². The number of H-pyrrole nitrogens is 1. The number of hydrogen-bond acceptors (Lipinski definition) is 3. The quantitative estimate of drug-likeness (QED) is 0.570. The summed E-state index contributed by atoms with van der Waals surface area (Å²) in [7, 11) is 0. The van der Waals surface area contributed by atoms with Gasteiger partial charge in [-0.05, 0) is 12.0 Å². The van der Waals surface area contributed by atoms with Crippen molar-refractivity contribution in [3.8, 4) is 11.3 Å². The van der Waals surface area contributed by atoms with E-state index in [9.17, 15) is 23.1 Å². The second-order valence-electron chi connectivity index (χ2n) is 7.21. The third-order valence-corrected chi connectivity index (χ3v) is 5.27. The zero-order valence-corrected chi connectivity index (χ0v) is 15.9. The summed E-state index contributed by atoms with van der Waals surface area (Å²) in [5, 5.41) is 16.7. The molecule has 1 aliphatic carbocycles. The molecule has 1 aliphatic rings. The number of benzene rings is 2. The Balaban J connectivity index is 2.05. The van der Waals surface area contributed by atoms with Crippen LogP contribution in [0, 0.1) is 0 Å². The number of carbonyl (C=O) groups excluding carboxylic acids is 1. The van der Waals surface area contributed by atoms with E-state index < -0.39 is 17.8 Å². The van der Waals surface area contributed by atoms with Gasteiger partial charge in [0.1, 0.15) is 5.69 Å². The molecule has 7 heteroatoms. The number of nitrogens with one attached hydrogen (secondary N) is 1. The molecule has 4 nitrogen and oxygen atoms in total. The first-order valence-corrected chi connectivity index (χ1v) is 9.59. The van der Waals surface area contributed by atoms with Gasteiger partial charge in [0.05, 0.1) is 11.5 Å². The fourth-order valence-corrected chi connectivity index (χ4v) is 3.96. The molecule has 1 aromatic heterocycles. The van der Waals surface area contributed by atoms with Gasteiger partial charge in [0.2, 0.25) is 0 Å². The van der Waals surface area contributed by atoms with Gasteiger partial charge in [-0.25, -0.2) is 0 Å². The maximum absolute atomic E-state index is 14.0. The average molecular weight is 412 g/mol. The normalized spacial score (nSPS) is 16.0. The number of Topliss-reactive ketones (excluding diaryl/α,β-unsaturated/α-hetero) is 1. The lowest BCUT2D eigenvalue weighted by atomic mass is 9.77. The number of halogens is 3. The minimum atomic E-state index is -4.71. The number of ketones is 1. The van der Waals surface area contributed by atoms with Crippen LogP contribution in [0.3, 0.4) is 0 Å². The Kier molecular flexibility index (Phi) is 5.20. The molecular weight excluding hydrogens is 393 g/mol. The molecule has 0 aliphatic heterocycles. The first kappa shape index (κ1) is 19.9. The van der Waals surface area contributed by atoms with Gasteiger partial charge in [-0.1, -0.05) is 60.7 Å². The smallest absolute Gasteiger partial charge is 0.433 e. The number of alkyl halides is 3. The van der Waals surface area contributed by atoms with Crippen molar-refractivity contribution in [1.82, 2.24) is 10.2 Å². The van der Waals surface area contributed by atoms with E-state index in [1.165, 1.54) is 0 Å². The fraction of sp³-hybridized carbons (Fsp3) is 0.217. The number of allylic oxidation sites excluding steroid dienone is 2. The number of aliphatic hydroxyl groups excluding tert-OH is 1. The molecule has 2 aromatic carbocycles. The number of rotatable bonds is 4. The molecule has 1 atom stereocenters. The van der Waals surface area contributed by atoms with Crippen molar-refractivity contribution in [2.45, 2.75) is 31.4 Å². The summed E-state index contributed by atoms with van der Waals surface area (Å²) in [6, 6.07) is 17.0. The van der Waals surface area contributed by atoms with Crippen LogP contribution in [0.15, 0.2) is 72.0 Å². The highest BCUT2D eigenvalue weighted by Crippen LogP contribution is 2.46. The van der Waals surface area contributed by atoms with Crippen molar-refractivity contribution in [3.05, 3.63) is 88.8 Å². The van der Waals surface area contributed by atoms with Crippen LogP contribution >= 0.6 is 0 Å². The topological polar surface area (TPSA) is 66.0 Å². The van der Waals surface area contributed by atoms with Gasteiger partial charge in [-0.3, -0.25) is 9.89 Å². The monoisotopic (exact) mass is 412 g/mol. The third kappa shape index (κ3) is 3.63. The maximum atomic E-state index is 14.0. The molecule has 0 amide bonds. The molecule has 0 radical (unpaired) electrons. The second kappa shape index (κ2) is 7.82. The second-order valence-corrected chi connectivity index (χ2v) is 7.21. The Morgan fingerprint density at radius 2 is 1.60 bits per heavy atom. The number of nitrogens with zero attached hydrogens (tertiary/aromatic N) is 1. The van der Waals surface area contributed by atoms with Crippen molar-refractivity contribution in [2.24, 2.45) is 0 Å². The van der Waals surface area contributed by atoms with E-state index in [0.29, 0.717) is 17.5 Å². The molecule has 30 heavy (non-hydrogen) atoms. The van der Waals surface area contributed by atoms with Crippen LogP contribution in [0.1, 0.15) is 42.0 Å². The minimum Gasteiger partial charge on any atom is -0.512 e. The van der Waals surface area contributed by atoms with Gasteiger partial charge in [0.25, 0.3) is 0 Å². The van der Waals surface area contributed by atoms with Crippen molar-refractivity contribution in [2.75, 3.05) is 0 Å². The molecule has 0 saturated carbocycles. The number of aromatic amines is 1. The van der Waals surface area contributed by atoms with Crippen LogP contribution in [0.2, 0.25) is 0 Å². The van der Waals surface area contributed by atoms with E-state index in [2.05, 4.69) is 10.2 Å². The fourth-order valence-electron chi connectivity index (χ4n) is 3.96. The SMILES string of the molecule is O=C1CCCC(O)=C1C(c1ccccc1)c1c(-c2ccccc2)n[nH]c1C(F)(F)F. The lowest BCUT2D eigenvalue weighted by Gasteiger charge is -2.26. The first-order chi connectivity index (χ1) is 14.4. The molecule has 4 rings (SSSR count). The van der Waals surface area contributed by atoms with Crippen molar-refractivity contribution in [3.63, 3.8) is 0 Å². The van der Waals surface area contributed by atoms with E-state index in [1.54, 1.807) is 60.7 Å². The van der Waals surface area contributed by atoms with Gasteiger partial charge in [-0.2, -0.15) is 18.3 Å². The maximum Gasteiger partial charge on any atom is 0.433 e. The standard InChI is InChI=1S/C23H19F3N2O2/c24-23(25,26)22-20(21(27-28-22)15-10-5-2-6-11-15)18(14-8-3-1-4-9-14)19-16(29)12-7-13-17(19)30/h1-6,8-11,18,29H,7,12-13H2,(H,27,28). The van der Waals surface area contributed by atoms with Gasteiger partial charge < -0.3 is 5.11 Å². The van der Waals surface area contributed by atoms with Crippen LogP contribution in [-0.2, 0) is 11.0 Å².